The first-order valence-electron chi connectivity index (χ1n) is 6.00. The molecule has 0 saturated carbocycles. The first kappa shape index (κ1) is 12.9. The number of fused-ring (bicyclic) bond motifs is 1. The second-order valence-corrected chi connectivity index (χ2v) is 4.17. The monoisotopic (exact) mass is 286 g/mol. The Balaban J connectivity index is 2.16. The molecule has 0 aliphatic carbocycles. The maximum atomic E-state index is 11.2. The summed E-state index contributed by atoms with van der Waals surface area (Å²) in [4.78, 5) is 10.7. The van der Waals surface area contributed by atoms with Crippen molar-refractivity contribution in [3.63, 3.8) is 0 Å². The molecule has 21 heavy (non-hydrogen) atoms. The fourth-order valence-corrected chi connectivity index (χ4v) is 2.00. The molecule has 8 heteroatoms. The van der Waals surface area contributed by atoms with Crippen LogP contribution < -0.4 is 10.1 Å². The van der Waals surface area contributed by atoms with Crippen LogP contribution in [0, 0.1) is 10.1 Å². The first-order valence-corrected chi connectivity index (χ1v) is 6.00. The molecular weight excluding hydrogens is 276 g/mol. The van der Waals surface area contributed by atoms with Gasteiger partial charge in [0.15, 0.2) is 5.52 Å². The lowest BCUT2D eigenvalue weighted by atomic mass is 10.2. The second kappa shape index (κ2) is 5.08. The fraction of sp³-hybridized carbons (Fsp3) is 0.0769. The van der Waals surface area contributed by atoms with Gasteiger partial charge in [0.1, 0.15) is 17.0 Å². The maximum Gasteiger partial charge on any atom is 0.295 e. The van der Waals surface area contributed by atoms with Crippen molar-refractivity contribution < 1.29 is 14.3 Å². The Morgan fingerprint density at radius 3 is 2.81 bits per heavy atom. The van der Waals surface area contributed by atoms with E-state index >= 15 is 0 Å². The number of nitrogens with zero attached hydrogens (tertiary/aromatic N) is 3. The number of rotatable bonds is 4. The average Bonchev–Trinajstić information content (AvgIpc) is 2.96. The molecule has 0 saturated heterocycles. The van der Waals surface area contributed by atoms with Crippen molar-refractivity contribution in [3.05, 3.63) is 46.5 Å². The largest absolute Gasteiger partial charge is 0.495 e. The van der Waals surface area contributed by atoms with Gasteiger partial charge in [-0.05, 0) is 28.5 Å². The van der Waals surface area contributed by atoms with Gasteiger partial charge in [0.05, 0.1) is 17.7 Å². The van der Waals surface area contributed by atoms with Gasteiger partial charge in [-0.1, -0.05) is 12.1 Å². The van der Waals surface area contributed by atoms with Gasteiger partial charge in [0, 0.05) is 6.07 Å². The summed E-state index contributed by atoms with van der Waals surface area (Å²) in [5.41, 5.74) is 1.39. The van der Waals surface area contributed by atoms with Crippen LogP contribution in [0.1, 0.15) is 0 Å². The van der Waals surface area contributed by atoms with Crippen molar-refractivity contribution in [3.8, 4) is 5.75 Å². The molecule has 3 aromatic rings. The quantitative estimate of drug-likeness (QED) is 0.580. The zero-order valence-corrected chi connectivity index (χ0v) is 10.9. The molecule has 0 unspecified atom stereocenters. The van der Waals surface area contributed by atoms with Crippen LogP contribution in [0.5, 0.6) is 5.75 Å². The Bertz CT molecular complexity index is 815. The van der Waals surface area contributed by atoms with Crippen LogP contribution in [0.2, 0.25) is 0 Å². The van der Waals surface area contributed by atoms with Crippen molar-refractivity contribution in [2.45, 2.75) is 0 Å². The number of nitro benzene ring substituents is 1. The Hall–Kier alpha value is -3.16. The summed E-state index contributed by atoms with van der Waals surface area (Å²) in [5.74, 6) is 0.556. The predicted molar refractivity (Wildman–Crippen MR) is 74.7 cm³/mol. The number of ether oxygens (including phenoxy) is 1. The van der Waals surface area contributed by atoms with Crippen molar-refractivity contribution in [1.82, 2.24) is 10.3 Å². The highest BCUT2D eigenvalue weighted by molar-refractivity contribution is 5.95. The van der Waals surface area contributed by atoms with Crippen LogP contribution >= 0.6 is 0 Å². The topological polar surface area (TPSA) is 103 Å². The number of benzene rings is 2. The summed E-state index contributed by atoms with van der Waals surface area (Å²) in [7, 11) is 1.52. The van der Waals surface area contributed by atoms with E-state index in [0.717, 1.165) is 0 Å². The molecule has 0 fully saturated rings. The highest BCUT2D eigenvalue weighted by Crippen LogP contribution is 2.36. The molecule has 1 N–H and O–H groups in total. The molecule has 0 amide bonds. The Morgan fingerprint density at radius 2 is 2.05 bits per heavy atom. The van der Waals surface area contributed by atoms with Crippen molar-refractivity contribution in [2.24, 2.45) is 0 Å². The minimum absolute atomic E-state index is 0.121. The number of methoxy groups -OCH3 is 1. The van der Waals surface area contributed by atoms with Crippen LogP contribution in [0.3, 0.4) is 0 Å². The zero-order chi connectivity index (χ0) is 14.8. The predicted octanol–water partition coefficient (Wildman–Crippen LogP) is 2.88. The van der Waals surface area contributed by atoms with Gasteiger partial charge >= 0.3 is 0 Å². The molecular formula is C13H10N4O4. The standard InChI is InChI=1S/C13H10N4O4/c1-20-11-5-3-2-4-8(11)14-13-10(17(18)19)7-6-9-12(13)16-21-15-9/h2-7,14H,1H3. The Kier molecular flexibility index (Phi) is 3.11. The molecule has 0 spiro atoms. The molecule has 0 aliphatic heterocycles. The van der Waals surface area contributed by atoms with E-state index in [-0.39, 0.29) is 16.9 Å². The highest BCUT2D eigenvalue weighted by Gasteiger charge is 2.21. The molecule has 2 aromatic carbocycles. The van der Waals surface area contributed by atoms with Crippen molar-refractivity contribution >= 4 is 28.1 Å². The highest BCUT2D eigenvalue weighted by atomic mass is 16.6. The van der Waals surface area contributed by atoms with Crippen LogP contribution in [0.15, 0.2) is 41.0 Å². The number of aromatic nitrogens is 2. The third-order valence-corrected chi connectivity index (χ3v) is 2.97. The minimum atomic E-state index is -0.494. The number of para-hydroxylation sites is 2. The van der Waals surface area contributed by atoms with Gasteiger partial charge in [-0.3, -0.25) is 10.1 Å². The van der Waals surface area contributed by atoms with Gasteiger partial charge in [-0.2, -0.15) is 0 Å². The van der Waals surface area contributed by atoms with Gasteiger partial charge in [0.2, 0.25) is 0 Å². The van der Waals surface area contributed by atoms with Crippen LogP contribution in [0.4, 0.5) is 17.1 Å². The van der Waals surface area contributed by atoms with E-state index in [9.17, 15) is 10.1 Å². The van der Waals surface area contributed by atoms with Crippen LogP contribution in [0.25, 0.3) is 11.0 Å². The van der Waals surface area contributed by atoms with Gasteiger partial charge in [0.25, 0.3) is 5.69 Å². The number of hydrogen-bond donors (Lipinski definition) is 1. The molecule has 0 radical (unpaired) electrons. The van der Waals surface area contributed by atoms with Gasteiger partial charge < -0.3 is 10.1 Å². The first-order chi connectivity index (χ1) is 10.2. The van der Waals surface area contributed by atoms with Crippen molar-refractivity contribution in [1.29, 1.82) is 0 Å². The third kappa shape index (κ3) is 2.22. The van der Waals surface area contributed by atoms with Gasteiger partial charge in [-0.25, -0.2) is 4.63 Å². The smallest absolute Gasteiger partial charge is 0.295 e. The zero-order valence-electron chi connectivity index (χ0n) is 10.9. The van der Waals surface area contributed by atoms with Gasteiger partial charge in [-0.15, -0.1) is 0 Å². The average molecular weight is 286 g/mol. The van der Waals surface area contributed by atoms with Crippen LogP contribution in [-0.2, 0) is 0 Å². The fourth-order valence-electron chi connectivity index (χ4n) is 2.00. The second-order valence-electron chi connectivity index (χ2n) is 4.17. The molecule has 0 aliphatic rings. The van der Waals surface area contributed by atoms with E-state index in [1.807, 2.05) is 0 Å². The van der Waals surface area contributed by atoms with Crippen LogP contribution in [-0.4, -0.2) is 22.3 Å². The molecule has 0 bridgehead atoms. The lowest BCUT2D eigenvalue weighted by molar-refractivity contribution is -0.383. The normalized spacial score (nSPS) is 10.5. The lowest BCUT2D eigenvalue weighted by Crippen LogP contribution is -1.99. The summed E-state index contributed by atoms with van der Waals surface area (Å²) in [5, 5.41) is 21.6. The van der Waals surface area contributed by atoms with Crippen molar-refractivity contribution in [2.75, 3.05) is 12.4 Å². The number of anilines is 2. The summed E-state index contributed by atoms with van der Waals surface area (Å²) < 4.78 is 9.86. The molecule has 3 rings (SSSR count). The Labute approximate surface area is 118 Å². The maximum absolute atomic E-state index is 11.2. The molecule has 8 nitrogen and oxygen atoms in total. The molecule has 106 valence electrons. The number of nitrogens with one attached hydrogen (secondary N) is 1. The summed E-state index contributed by atoms with van der Waals surface area (Å²) >= 11 is 0. The lowest BCUT2D eigenvalue weighted by Gasteiger charge is -2.10. The minimum Gasteiger partial charge on any atom is -0.495 e. The van der Waals surface area contributed by atoms with E-state index in [1.165, 1.54) is 19.2 Å². The van der Waals surface area contributed by atoms with E-state index < -0.39 is 4.92 Å². The van der Waals surface area contributed by atoms with E-state index in [1.54, 1.807) is 24.3 Å². The summed E-state index contributed by atoms with van der Waals surface area (Å²) in [6, 6.07) is 9.92. The summed E-state index contributed by atoms with van der Waals surface area (Å²) in [6.45, 7) is 0. The molecule has 0 atom stereocenters. The number of hydrogen-bond acceptors (Lipinski definition) is 7. The van der Waals surface area contributed by atoms with E-state index in [0.29, 0.717) is 17.0 Å². The van der Waals surface area contributed by atoms with E-state index in [4.69, 9.17) is 4.74 Å². The SMILES string of the molecule is COc1ccccc1Nc1c([N+](=O)[O-])ccc2nonc12. The number of nitro groups is 1. The molecule has 1 heterocycles. The summed E-state index contributed by atoms with van der Waals surface area (Å²) in [6.07, 6.45) is 0. The molecule has 1 aromatic heterocycles. The third-order valence-electron chi connectivity index (χ3n) is 2.97. The Morgan fingerprint density at radius 1 is 1.24 bits per heavy atom. The van der Waals surface area contributed by atoms with E-state index in [2.05, 4.69) is 20.3 Å².